The molecule has 0 aliphatic carbocycles. The molecule has 0 bridgehead atoms. The van der Waals surface area contributed by atoms with E-state index in [1.807, 2.05) is 4.90 Å². The zero-order chi connectivity index (χ0) is 16.9. The number of amides is 2. The Morgan fingerprint density at radius 2 is 1.79 bits per heavy atom. The van der Waals surface area contributed by atoms with Crippen molar-refractivity contribution in [2.24, 2.45) is 11.8 Å². The van der Waals surface area contributed by atoms with Gasteiger partial charge >= 0.3 is 6.03 Å². The smallest absolute Gasteiger partial charge is 0.317 e. The van der Waals surface area contributed by atoms with Crippen LogP contribution in [0.4, 0.5) is 4.79 Å². The summed E-state index contributed by atoms with van der Waals surface area (Å²) in [5.74, 6) is 1.43. The second kappa shape index (κ2) is 8.34. The first-order valence-corrected chi connectivity index (χ1v) is 9.61. The van der Waals surface area contributed by atoms with E-state index in [1.54, 1.807) is 0 Å². The summed E-state index contributed by atoms with van der Waals surface area (Å²) in [7, 11) is 0. The number of hydrogen-bond acceptors (Lipinski definition) is 3. The van der Waals surface area contributed by atoms with Crippen molar-refractivity contribution < 1.29 is 9.53 Å². The molecule has 3 rings (SSSR count). The van der Waals surface area contributed by atoms with Gasteiger partial charge in [0.05, 0.1) is 0 Å². The minimum Gasteiger partial charge on any atom is -0.381 e. The first-order chi connectivity index (χ1) is 11.6. The average molecular weight is 335 g/mol. The Morgan fingerprint density at radius 3 is 2.46 bits per heavy atom. The Labute approximate surface area is 146 Å². The second-order valence-electron chi connectivity index (χ2n) is 7.90. The van der Waals surface area contributed by atoms with E-state index in [-0.39, 0.29) is 6.03 Å². The van der Waals surface area contributed by atoms with E-state index in [9.17, 15) is 4.79 Å². The topological polar surface area (TPSA) is 44.8 Å². The second-order valence-corrected chi connectivity index (χ2v) is 7.90. The van der Waals surface area contributed by atoms with Gasteiger partial charge in [0.15, 0.2) is 0 Å². The van der Waals surface area contributed by atoms with Gasteiger partial charge < -0.3 is 15.0 Å². The molecule has 3 aliphatic rings. The molecule has 0 radical (unpaired) electrons. The van der Waals surface area contributed by atoms with Crippen LogP contribution in [0.15, 0.2) is 12.2 Å². The number of likely N-dealkylation sites (tertiary alicyclic amines) is 2. The van der Waals surface area contributed by atoms with Crippen LogP contribution in [0, 0.1) is 11.8 Å². The minimum absolute atomic E-state index is 0.155. The van der Waals surface area contributed by atoms with Gasteiger partial charge in [-0.25, -0.2) is 4.79 Å². The summed E-state index contributed by atoms with van der Waals surface area (Å²) < 4.78 is 5.46. The fourth-order valence-corrected chi connectivity index (χ4v) is 4.43. The summed E-state index contributed by atoms with van der Waals surface area (Å²) in [6, 6.07) is 0.490. The van der Waals surface area contributed by atoms with Crippen molar-refractivity contribution in [2.75, 3.05) is 45.9 Å². The molecule has 0 saturated carbocycles. The van der Waals surface area contributed by atoms with Crippen LogP contribution in [0.2, 0.25) is 0 Å². The van der Waals surface area contributed by atoms with Gasteiger partial charge in [0, 0.05) is 52.0 Å². The van der Waals surface area contributed by atoms with Crippen LogP contribution in [-0.4, -0.2) is 67.8 Å². The largest absolute Gasteiger partial charge is 0.381 e. The number of hydrogen-bond donors (Lipinski definition) is 1. The SMILES string of the molecule is C=C(C)CN1CCC(NC(=O)N2CCC(C3CCOCC3)C2)CC1. The van der Waals surface area contributed by atoms with Crippen LogP contribution in [0.5, 0.6) is 0 Å². The quantitative estimate of drug-likeness (QED) is 0.803. The fraction of sp³-hybridized carbons (Fsp3) is 0.842. The maximum atomic E-state index is 12.6. The molecule has 1 unspecified atom stereocenters. The summed E-state index contributed by atoms with van der Waals surface area (Å²) >= 11 is 0. The molecular weight excluding hydrogens is 302 g/mol. The van der Waals surface area contributed by atoms with E-state index < -0.39 is 0 Å². The summed E-state index contributed by atoms with van der Waals surface area (Å²) in [6.07, 6.45) is 5.60. The van der Waals surface area contributed by atoms with E-state index >= 15 is 0 Å². The average Bonchev–Trinajstić information content (AvgIpc) is 3.07. The molecule has 3 aliphatic heterocycles. The van der Waals surface area contributed by atoms with Crippen LogP contribution in [0.3, 0.4) is 0 Å². The summed E-state index contributed by atoms with van der Waals surface area (Å²) in [5, 5.41) is 3.27. The lowest BCUT2D eigenvalue weighted by molar-refractivity contribution is 0.0484. The highest BCUT2D eigenvalue weighted by atomic mass is 16.5. The molecule has 3 saturated heterocycles. The van der Waals surface area contributed by atoms with Gasteiger partial charge in [-0.05, 0) is 50.9 Å². The lowest BCUT2D eigenvalue weighted by Gasteiger charge is -2.33. The predicted octanol–water partition coefficient (Wildman–Crippen LogP) is 2.49. The zero-order valence-electron chi connectivity index (χ0n) is 15.1. The van der Waals surface area contributed by atoms with Crippen LogP contribution < -0.4 is 5.32 Å². The number of rotatable bonds is 4. The molecule has 136 valence electrons. The van der Waals surface area contributed by atoms with Crippen LogP contribution in [0.25, 0.3) is 0 Å². The molecule has 0 aromatic heterocycles. The van der Waals surface area contributed by atoms with Gasteiger partial charge in [-0.1, -0.05) is 12.2 Å². The van der Waals surface area contributed by atoms with E-state index in [1.165, 1.54) is 18.4 Å². The van der Waals surface area contributed by atoms with Gasteiger partial charge in [0.2, 0.25) is 0 Å². The molecule has 5 nitrogen and oxygen atoms in total. The molecule has 0 spiro atoms. The summed E-state index contributed by atoms with van der Waals surface area (Å²) in [6.45, 7) is 12.8. The van der Waals surface area contributed by atoms with E-state index in [4.69, 9.17) is 4.74 Å². The van der Waals surface area contributed by atoms with Crippen LogP contribution >= 0.6 is 0 Å². The molecule has 5 heteroatoms. The van der Waals surface area contributed by atoms with Crippen molar-refractivity contribution in [3.63, 3.8) is 0 Å². The number of piperidine rings is 1. The van der Waals surface area contributed by atoms with Crippen molar-refractivity contribution in [3.05, 3.63) is 12.2 Å². The Morgan fingerprint density at radius 1 is 1.08 bits per heavy atom. The lowest BCUT2D eigenvalue weighted by Crippen LogP contribution is -2.49. The standard InChI is InChI=1S/C19H33N3O2/c1-15(2)13-21-8-4-18(5-9-21)20-19(23)22-10-3-17(14-22)16-6-11-24-12-7-16/h16-18H,1,3-14H2,2H3,(H,20,23). The Kier molecular flexibility index (Phi) is 6.17. The monoisotopic (exact) mass is 335 g/mol. The van der Waals surface area contributed by atoms with Crippen molar-refractivity contribution in [2.45, 2.75) is 45.1 Å². The molecule has 24 heavy (non-hydrogen) atoms. The molecule has 1 N–H and O–H groups in total. The van der Waals surface area contributed by atoms with Crippen molar-refractivity contribution >= 4 is 6.03 Å². The summed E-state index contributed by atoms with van der Waals surface area (Å²) in [4.78, 5) is 17.0. The molecule has 3 heterocycles. The molecule has 0 aromatic carbocycles. The third-order valence-corrected chi connectivity index (χ3v) is 5.85. The Hall–Kier alpha value is -1.07. The van der Waals surface area contributed by atoms with E-state index in [2.05, 4.69) is 23.7 Å². The normalized spacial score (nSPS) is 27.4. The lowest BCUT2D eigenvalue weighted by atomic mass is 9.85. The van der Waals surface area contributed by atoms with Gasteiger partial charge in [-0.3, -0.25) is 4.90 Å². The summed E-state index contributed by atoms with van der Waals surface area (Å²) in [5.41, 5.74) is 1.22. The maximum absolute atomic E-state index is 12.6. The number of urea groups is 1. The number of nitrogens with one attached hydrogen (secondary N) is 1. The van der Waals surface area contributed by atoms with Gasteiger partial charge in [0.1, 0.15) is 0 Å². The molecule has 2 amide bonds. The van der Waals surface area contributed by atoms with Gasteiger partial charge in [-0.2, -0.15) is 0 Å². The van der Waals surface area contributed by atoms with Crippen molar-refractivity contribution in [1.29, 1.82) is 0 Å². The number of carbonyl (C=O) groups is 1. The molecule has 3 fully saturated rings. The predicted molar refractivity (Wildman–Crippen MR) is 96.0 cm³/mol. The van der Waals surface area contributed by atoms with Gasteiger partial charge in [-0.15, -0.1) is 0 Å². The highest BCUT2D eigenvalue weighted by Gasteiger charge is 2.33. The third kappa shape index (κ3) is 4.73. The highest BCUT2D eigenvalue weighted by molar-refractivity contribution is 5.74. The molecule has 1 atom stereocenters. The van der Waals surface area contributed by atoms with Gasteiger partial charge in [0.25, 0.3) is 0 Å². The van der Waals surface area contributed by atoms with E-state index in [0.717, 1.165) is 71.1 Å². The molecular formula is C19H33N3O2. The zero-order valence-corrected chi connectivity index (χ0v) is 15.1. The number of ether oxygens (including phenoxy) is 1. The van der Waals surface area contributed by atoms with Crippen LogP contribution in [-0.2, 0) is 4.74 Å². The number of nitrogens with zero attached hydrogens (tertiary/aromatic N) is 2. The van der Waals surface area contributed by atoms with Crippen molar-refractivity contribution in [3.8, 4) is 0 Å². The highest BCUT2D eigenvalue weighted by Crippen LogP contribution is 2.31. The Bertz CT molecular complexity index is 440. The first kappa shape index (κ1) is 17.7. The fourth-order valence-electron chi connectivity index (χ4n) is 4.43. The Balaban J connectivity index is 1.39. The number of carbonyl (C=O) groups excluding carboxylic acids is 1. The van der Waals surface area contributed by atoms with E-state index in [0.29, 0.717) is 12.0 Å². The molecule has 0 aromatic rings. The van der Waals surface area contributed by atoms with Crippen molar-refractivity contribution in [1.82, 2.24) is 15.1 Å². The maximum Gasteiger partial charge on any atom is 0.317 e. The third-order valence-electron chi connectivity index (χ3n) is 5.85. The first-order valence-electron chi connectivity index (χ1n) is 9.61. The van der Waals surface area contributed by atoms with Crippen LogP contribution in [0.1, 0.15) is 39.0 Å². The minimum atomic E-state index is 0.155.